The van der Waals surface area contributed by atoms with Gasteiger partial charge in [-0.25, -0.2) is 4.79 Å². The Kier molecular flexibility index (Phi) is 6.10. The maximum absolute atomic E-state index is 12.1. The SMILES string of the molecule is C[C@H](NC(=O)COC(=O)c1ccc(C2CCCCC2)cc1)c1ccco1. The Hall–Kier alpha value is -2.56. The van der Waals surface area contributed by atoms with Crippen molar-refractivity contribution < 1.29 is 18.7 Å². The molecule has 0 aliphatic heterocycles. The second kappa shape index (κ2) is 8.70. The molecule has 26 heavy (non-hydrogen) atoms. The second-order valence-electron chi connectivity index (χ2n) is 6.84. The Balaban J connectivity index is 1.47. The van der Waals surface area contributed by atoms with Crippen LogP contribution >= 0.6 is 0 Å². The number of amides is 1. The van der Waals surface area contributed by atoms with Gasteiger partial charge in [0.15, 0.2) is 6.61 Å². The highest BCUT2D eigenvalue weighted by molar-refractivity contribution is 5.91. The number of hydrogen-bond acceptors (Lipinski definition) is 4. The topological polar surface area (TPSA) is 68.5 Å². The van der Waals surface area contributed by atoms with E-state index in [-0.39, 0.29) is 18.6 Å². The average Bonchev–Trinajstić information content (AvgIpc) is 3.22. The van der Waals surface area contributed by atoms with Crippen LogP contribution < -0.4 is 5.32 Å². The van der Waals surface area contributed by atoms with E-state index in [4.69, 9.17) is 9.15 Å². The molecule has 0 radical (unpaired) electrons. The van der Waals surface area contributed by atoms with Gasteiger partial charge in [0.1, 0.15) is 5.76 Å². The fourth-order valence-corrected chi connectivity index (χ4v) is 3.43. The van der Waals surface area contributed by atoms with Crippen molar-refractivity contribution in [1.82, 2.24) is 5.32 Å². The molecule has 1 heterocycles. The molecule has 1 saturated carbocycles. The third-order valence-electron chi connectivity index (χ3n) is 4.90. The summed E-state index contributed by atoms with van der Waals surface area (Å²) < 4.78 is 10.3. The molecule has 1 amide bonds. The fourth-order valence-electron chi connectivity index (χ4n) is 3.43. The molecule has 5 nitrogen and oxygen atoms in total. The van der Waals surface area contributed by atoms with E-state index < -0.39 is 5.97 Å². The molecule has 0 unspecified atom stereocenters. The molecule has 0 bridgehead atoms. The van der Waals surface area contributed by atoms with E-state index in [0.29, 0.717) is 17.2 Å². The molecule has 1 atom stereocenters. The fraction of sp³-hybridized carbons (Fsp3) is 0.429. The van der Waals surface area contributed by atoms with Crippen LogP contribution in [0.4, 0.5) is 0 Å². The number of benzene rings is 1. The smallest absolute Gasteiger partial charge is 0.338 e. The van der Waals surface area contributed by atoms with Crippen molar-refractivity contribution in [2.75, 3.05) is 6.61 Å². The lowest BCUT2D eigenvalue weighted by Gasteiger charge is -2.22. The Morgan fingerprint density at radius 3 is 2.54 bits per heavy atom. The van der Waals surface area contributed by atoms with Crippen molar-refractivity contribution in [3.63, 3.8) is 0 Å². The summed E-state index contributed by atoms with van der Waals surface area (Å²) in [6.45, 7) is 1.50. The van der Waals surface area contributed by atoms with E-state index in [1.54, 1.807) is 30.5 Å². The lowest BCUT2D eigenvalue weighted by molar-refractivity contribution is -0.125. The van der Waals surface area contributed by atoms with E-state index in [9.17, 15) is 9.59 Å². The van der Waals surface area contributed by atoms with Gasteiger partial charge in [-0.15, -0.1) is 0 Å². The van der Waals surface area contributed by atoms with Gasteiger partial charge >= 0.3 is 5.97 Å². The number of esters is 1. The summed E-state index contributed by atoms with van der Waals surface area (Å²) in [4.78, 5) is 24.0. The molecule has 1 N–H and O–H groups in total. The van der Waals surface area contributed by atoms with Gasteiger partial charge in [-0.1, -0.05) is 31.4 Å². The highest BCUT2D eigenvalue weighted by atomic mass is 16.5. The monoisotopic (exact) mass is 355 g/mol. The maximum Gasteiger partial charge on any atom is 0.338 e. The minimum Gasteiger partial charge on any atom is -0.467 e. The van der Waals surface area contributed by atoms with Crippen LogP contribution in [-0.2, 0) is 9.53 Å². The molecule has 138 valence electrons. The van der Waals surface area contributed by atoms with Crippen LogP contribution in [0, 0.1) is 0 Å². The molecule has 1 aromatic carbocycles. The van der Waals surface area contributed by atoms with Crippen molar-refractivity contribution in [1.29, 1.82) is 0 Å². The lowest BCUT2D eigenvalue weighted by atomic mass is 9.84. The number of furan rings is 1. The standard InChI is InChI=1S/C21H25NO4/c1-15(19-8-5-13-25-19)22-20(23)14-26-21(24)18-11-9-17(10-12-18)16-6-3-2-4-7-16/h5,8-13,15-16H,2-4,6-7,14H2,1H3,(H,22,23)/t15-/m0/s1. The van der Waals surface area contributed by atoms with Gasteiger partial charge in [0, 0.05) is 0 Å². The molecule has 1 aliphatic carbocycles. The summed E-state index contributed by atoms with van der Waals surface area (Å²) in [5.41, 5.74) is 1.75. The number of carbonyl (C=O) groups excluding carboxylic acids is 2. The molecule has 3 rings (SSSR count). The average molecular weight is 355 g/mol. The third kappa shape index (κ3) is 4.75. The van der Waals surface area contributed by atoms with Crippen molar-refractivity contribution >= 4 is 11.9 Å². The van der Waals surface area contributed by atoms with Crippen molar-refractivity contribution in [3.05, 3.63) is 59.5 Å². The summed E-state index contributed by atoms with van der Waals surface area (Å²) in [7, 11) is 0. The van der Waals surface area contributed by atoms with E-state index in [0.717, 1.165) is 0 Å². The summed E-state index contributed by atoms with van der Waals surface area (Å²) in [6.07, 6.45) is 7.87. The molecule has 1 aromatic heterocycles. The Morgan fingerprint density at radius 2 is 1.88 bits per heavy atom. The Labute approximate surface area is 153 Å². The number of ether oxygens (including phenoxy) is 1. The van der Waals surface area contributed by atoms with E-state index in [2.05, 4.69) is 5.32 Å². The minimum absolute atomic E-state index is 0.272. The highest BCUT2D eigenvalue weighted by Gasteiger charge is 2.17. The summed E-state index contributed by atoms with van der Waals surface area (Å²) in [5.74, 6) is 0.410. The first-order valence-corrected chi connectivity index (χ1v) is 9.23. The first kappa shape index (κ1) is 18.2. The number of rotatable bonds is 6. The van der Waals surface area contributed by atoms with Gasteiger partial charge in [-0.05, 0) is 55.5 Å². The zero-order valence-corrected chi connectivity index (χ0v) is 15.1. The van der Waals surface area contributed by atoms with Crippen molar-refractivity contribution in [2.45, 2.75) is 51.0 Å². The Bertz CT molecular complexity index is 715. The van der Waals surface area contributed by atoms with Crippen LogP contribution in [0.5, 0.6) is 0 Å². The first-order chi connectivity index (χ1) is 12.6. The zero-order chi connectivity index (χ0) is 18.4. The van der Waals surface area contributed by atoms with Crippen LogP contribution in [0.3, 0.4) is 0 Å². The lowest BCUT2D eigenvalue weighted by Crippen LogP contribution is -2.31. The van der Waals surface area contributed by atoms with E-state index >= 15 is 0 Å². The number of carbonyl (C=O) groups is 2. The van der Waals surface area contributed by atoms with Gasteiger partial charge in [0.25, 0.3) is 5.91 Å². The Morgan fingerprint density at radius 1 is 1.15 bits per heavy atom. The minimum atomic E-state index is -0.485. The van der Waals surface area contributed by atoms with Crippen LogP contribution in [0.2, 0.25) is 0 Å². The van der Waals surface area contributed by atoms with Gasteiger partial charge in [0.05, 0.1) is 17.9 Å². The summed E-state index contributed by atoms with van der Waals surface area (Å²) in [5, 5.41) is 2.73. The van der Waals surface area contributed by atoms with Gasteiger partial charge in [0.2, 0.25) is 0 Å². The second-order valence-corrected chi connectivity index (χ2v) is 6.84. The molecule has 1 fully saturated rings. The van der Waals surface area contributed by atoms with Crippen LogP contribution in [0.1, 0.15) is 72.7 Å². The van der Waals surface area contributed by atoms with Gasteiger partial charge in [-0.3, -0.25) is 4.79 Å². The summed E-state index contributed by atoms with van der Waals surface area (Å²) >= 11 is 0. The molecule has 0 saturated heterocycles. The first-order valence-electron chi connectivity index (χ1n) is 9.23. The van der Waals surface area contributed by atoms with Crippen molar-refractivity contribution in [3.8, 4) is 0 Å². The van der Waals surface area contributed by atoms with E-state index in [1.165, 1.54) is 37.7 Å². The van der Waals surface area contributed by atoms with Crippen LogP contribution in [-0.4, -0.2) is 18.5 Å². The quantitative estimate of drug-likeness (QED) is 0.782. The normalized spacial score (nSPS) is 16.0. The maximum atomic E-state index is 12.1. The molecule has 1 aliphatic rings. The molecular weight excluding hydrogens is 330 g/mol. The van der Waals surface area contributed by atoms with Crippen LogP contribution in [0.15, 0.2) is 47.1 Å². The van der Waals surface area contributed by atoms with Gasteiger partial charge < -0.3 is 14.5 Å². The van der Waals surface area contributed by atoms with E-state index in [1.807, 2.05) is 19.1 Å². The molecule has 2 aromatic rings. The summed E-state index contributed by atoms with van der Waals surface area (Å²) in [6, 6.07) is 10.9. The molecule has 5 heteroatoms. The predicted octanol–water partition coefficient (Wildman–Crippen LogP) is 4.36. The van der Waals surface area contributed by atoms with Gasteiger partial charge in [-0.2, -0.15) is 0 Å². The molecular formula is C21H25NO4. The van der Waals surface area contributed by atoms with Crippen molar-refractivity contribution in [2.24, 2.45) is 0 Å². The molecule has 0 spiro atoms. The number of hydrogen-bond donors (Lipinski definition) is 1. The number of nitrogens with one attached hydrogen (secondary N) is 1. The highest BCUT2D eigenvalue weighted by Crippen LogP contribution is 2.32. The third-order valence-corrected chi connectivity index (χ3v) is 4.90. The zero-order valence-electron chi connectivity index (χ0n) is 15.1. The van der Waals surface area contributed by atoms with Crippen LogP contribution in [0.25, 0.3) is 0 Å². The predicted molar refractivity (Wildman–Crippen MR) is 97.8 cm³/mol. The largest absolute Gasteiger partial charge is 0.467 e.